The van der Waals surface area contributed by atoms with Gasteiger partial charge in [0.1, 0.15) is 0 Å². The Morgan fingerprint density at radius 2 is 0.929 bits per heavy atom. The molecule has 0 heterocycles. The minimum Gasteiger partial charge on any atom is -0.303 e. The minimum absolute atomic E-state index is 0.00997. The monoisotopic (exact) mass is 600 g/mol. The van der Waals surface area contributed by atoms with Gasteiger partial charge >= 0.3 is 7.82 Å². The lowest BCUT2D eigenvalue weighted by Gasteiger charge is -2.41. The van der Waals surface area contributed by atoms with Crippen LogP contribution < -0.4 is 0 Å². The van der Waals surface area contributed by atoms with E-state index in [4.69, 9.17) is 9.79 Å². The second kappa shape index (κ2) is 13.3. The van der Waals surface area contributed by atoms with Crippen molar-refractivity contribution in [3.63, 3.8) is 0 Å². The van der Waals surface area contributed by atoms with E-state index in [1.807, 2.05) is 0 Å². The molecular weight excluding hydrogens is 539 g/mol. The zero-order chi connectivity index (χ0) is 32.4. The smallest absolute Gasteiger partial charge is 0.303 e. The third kappa shape index (κ3) is 10.0. The zero-order valence-electron chi connectivity index (χ0n) is 29.1. The van der Waals surface area contributed by atoms with Crippen LogP contribution in [-0.2, 0) is 36.2 Å². The van der Waals surface area contributed by atoms with Crippen molar-refractivity contribution in [2.75, 3.05) is 6.61 Å². The van der Waals surface area contributed by atoms with Gasteiger partial charge in [-0.15, -0.1) is 0 Å². The summed E-state index contributed by atoms with van der Waals surface area (Å²) in [6, 6.07) is 14.5. The summed E-state index contributed by atoms with van der Waals surface area (Å²) < 4.78 is 15.6. The molecule has 0 aliphatic rings. The Hall–Kier alpha value is -1.45. The molecule has 0 aliphatic heterocycles. The summed E-state index contributed by atoms with van der Waals surface area (Å²) in [6.07, 6.45) is 5.75. The maximum atomic E-state index is 11.0. The number of hydrogen-bond acceptors (Lipinski definition) is 2. The molecule has 2 rings (SSSR count). The van der Waals surface area contributed by atoms with Crippen molar-refractivity contribution in [3.8, 4) is 0 Å². The number of unbranched alkanes of at least 4 members (excludes halogenated alkanes) is 4. The van der Waals surface area contributed by atoms with Crippen molar-refractivity contribution in [2.45, 2.75) is 156 Å². The van der Waals surface area contributed by atoms with E-state index in [1.54, 1.807) is 0 Å². The molecule has 238 valence electrons. The van der Waals surface area contributed by atoms with Crippen LogP contribution in [0.15, 0.2) is 36.4 Å². The van der Waals surface area contributed by atoms with Gasteiger partial charge in [-0.05, 0) is 67.9 Å². The molecule has 2 aromatic rings. The number of hydrogen-bond donors (Lipinski definition) is 2. The van der Waals surface area contributed by atoms with Crippen molar-refractivity contribution < 1.29 is 18.9 Å². The Labute approximate surface area is 258 Å². The number of benzene rings is 2. The van der Waals surface area contributed by atoms with Crippen molar-refractivity contribution in [1.29, 1.82) is 0 Å². The van der Waals surface area contributed by atoms with Crippen LogP contribution in [0.25, 0.3) is 0 Å². The fourth-order valence-corrected chi connectivity index (χ4v) is 6.30. The maximum Gasteiger partial charge on any atom is 0.469 e. The van der Waals surface area contributed by atoms with E-state index >= 15 is 0 Å². The lowest BCUT2D eigenvalue weighted by Crippen LogP contribution is -2.33. The maximum absolute atomic E-state index is 11.0. The first-order valence-corrected chi connectivity index (χ1v) is 17.4. The summed E-state index contributed by atoms with van der Waals surface area (Å²) in [5.41, 5.74) is 8.38. The van der Waals surface area contributed by atoms with Gasteiger partial charge in [0.25, 0.3) is 0 Å². The SMILES string of the molecule is CC(C)(C)c1ccc(C(C)(CCCCCCCOP(=O)(O)O)c2ccc(C(C)(C)C)cc2C(C)(C)C)c(C(C)(C)C)c1. The van der Waals surface area contributed by atoms with Crippen LogP contribution in [0.1, 0.15) is 162 Å². The first kappa shape index (κ1) is 36.7. The average Bonchev–Trinajstić information content (AvgIpc) is 2.82. The molecule has 0 aromatic heterocycles. The third-order valence-electron chi connectivity index (χ3n) is 8.66. The Morgan fingerprint density at radius 1 is 0.548 bits per heavy atom. The van der Waals surface area contributed by atoms with Gasteiger partial charge < -0.3 is 9.79 Å². The van der Waals surface area contributed by atoms with Crippen molar-refractivity contribution in [1.82, 2.24) is 0 Å². The van der Waals surface area contributed by atoms with Crippen LogP contribution in [0.5, 0.6) is 0 Å². The molecule has 0 atom stereocenters. The molecule has 0 fully saturated rings. The van der Waals surface area contributed by atoms with Crippen molar-refractivity contribution in [2.24, 2.45) is 0 Å². The fraction of sp³-hybridized carbons (Fsp3) is 0.676. The van der Waals surface area contributed by atoms with Gasteiger partial charge in [-0.3, -0.25) is 4.52 Å². The van der Waals surface area contributed by atoms with Gasteiger partial charge in [-0.1, -0.05) is 152 Å². The molecule has 0 saturated heterocycles. The second-order valence-corrected chi connectivity index (χ2v) is 17.9. The molecule has 0 radical (unpaired) electrons. The van der Waals surface area contributed by atoms with Crippen LogP contribution in [0.4, 0.5) is 0 Å². The Balaban J connectivity index is 2.62. The molecule has 4 nitrogen and oxygen atoms in total. The predicted molar refractivity (Wildman–Crippen MR) is 180 cm³/mol. The van der Waals surface area contributed by atoms with Gasteiger partial charge in [0.05, 0.1) is 6.61 Å². The third-order valence-corrected chi connectivity index (χ3v) is 9.18. The largest absolute Gasteiger partial charge is 0.469 e. The molecule has 42 heavy (non-hydrogen) atoms. The first-order valence-electron chi connectivity index (χ1n) is 15.9. The van der Waals surface area contributed by atoms with Crippen LogP contribution in [0.3, 0.4) is 0 Å². The van der Waals surface area contributed by atoms with Gasteiger partial charge in [0.15, 0.2) is 0 Å². The molecule has 0 saturated carbocycles. The highest BCUT2D eigenvalue weighted by Crippen LogP contribution is 2.47. The van der Waals surface area contributed by atoms with Crippen molar-refractivity contribution >= 4 is 7.82 Å². The van der Waals surface area contributed by atoms with Gasteiger partial charge in [-0.25, -0.2) is 4.57 Å². The van der Waals surface area contributed by atoms with Crippen LogP contribution >= 0.6 is 7.82 Å². The lowest BCUT2D eigenvalue weighted by atomic mass is 9.63. The molecule has 2 N–H and O–H groups in total. The molecular formula is C37H61O4P. The summed E-state index contributed by atoms with van der Waals surface area (Å²) in [4.78, 5) is 17.9. The van der Waals surface area contributed by atoms with E-state index < -0.39 is 7.82 Å². The summed E-state index contributed by atoms with van der Waals surface area (Å²) in [5.74, 6) is 0. The highest BCUT2D eigenvalue weighted by Gasteiger charge is 2.38. The topological polar surface area (TPSA) is 66.8 Å². The molecule has 5 heteroatoms. The van der Waals surface area contributed by atoms with E-state index in [1.165, 1.54) is 33.4 Å². The van der Waals surface area contributed by atoms with E-state index in [9.17, 15) is 4.57 Å². The summed E-state index contributed by atoms with van der Waals surface area (Å²) >= 11 is 0. The fourth-order valence-electron chi connectivity index (χ4n) is 5.93. The normalized spacial score (nSPS) is 14.0. The van der Waals surface area contributed by atoms with Crippen LogP contribution in [0, 0.1) is 0 Å². The standard InChI is InChI=1S/C37H61O4P/c1-33(2,3)27-19-21-29(31(25-27)35(7,8)9)37(13,23-17-15-14-16-18-24-41-42(38,39)40)30-22-20-28(34(4,5)6)26-32(30)36(10,11)12/h19-22,25-26H,14-18,23-24H2,1-13H3,(H2,38,39,40). The average molecular weight is 601 g/mol. The Bertz CT molecular complexity index is 1150. The quantitative estimate of drug-likeness (QED) is 0.199. The molecule has 0 bridgehead atoms. The first-order chi connectivity index (χ1) is 18.9. The Morgan fingerprint density at radius 3 is 1.29 bits per heavy atom. The molecule has 0 aliphatic carbocycles. The zero-order valence-corrected chi connectivity index (χ0v) is 30.0. The summed E-state index contributed by atoms with van der Waals surface area (Å²) in [6.45, 7) is 30.4. The van der Waals surface area contributed by atoms with Crippen LogP contribution in [0.2, 0.25) is 0 Å². The second-order valence-electron chi connectivity index (χ2n) is 16.7. The summed E-state index contributed by atoms with van der Waals surface area (Å²) in [5, 5.41) is 0. The van der Waals surface area contributed by atoms with Gasteiger partial charge in [-0.2, -0.15) is 0 Å². The number of rotatable bonds is 11. The van der Waals surface area contributed by atoms with E-state index in [0.29, 0.717) is 6.42 Å². The lowest BCUT2D eigenvalue weighted by molar-refractivity contribution is 0.193. The predicted octanol–water partition coefficient (Wildman–Crippen LogP) is 10.6. The highest BCUT2D eigenvalue weighted by molar-refractivity contribution is 7.46. The molecule has 2 aromatic carbocycles. The molecule has 0 unspecified atom stereocenters. The highest BCUT2D eigenvalue weighted by atomic mass is 31.2. The van der Waals surface area contributed by atoms with Crippen molar-refractivity contribution in [3.05, 3.63) is 69.8 Å². The minimum atomic E-state index is -4.38. The summed E-state index contributed by atoms with van der Waals surface area (Å²) in [7, 11) is -4.38. The molecule has 0 spiro atoms. The van der Waals surface area contributed by atoms with E-state index in [0.717, 1.165) is 32.1 Å². The van der Waals surface area contributed by atoms with Crippen LogP contribution in [-0.4, -0.2) is 16.4 Å². The van der Waals surface area contributed by atoms with Gasteiger partial charge in [0, 0.05) is 5.41 Å². The van der Waals surface area contributed by atoms with Gasteiger partial charge in [0.2, 0.25) is 0 Å². The molecule has 0 amide bonds. The van der Waals surface area contributed by atoms with E-state index in [-0.39, 0.29) is 33.7 Å². The number of phosphoric acid groups is 1. The van der Waals surface area contributed by atoms with E-state index in [2.05, 4.69) is 131 Å². The number of phosphoric ester groups is 1. The Kier molecular flexibility index (Phi) is 11.6.